The van der Waals surface area contributed by atoms with Crippen molar-refractivity contribution in [1.82, 2.24) is 0 Å². The molecule has 1 aromatic heterocycles. The van der Waals surface area contributed by atoms with Crippen LogP contribution in [0.4, 0.5) is 5.69 Å². The molecule has 0 unspecified atom stereocenters. The van der Waals surface area contributed by atoms with E-state index in [0.717, 1.165) is 0 Å². The number of hydrogen-bond acceptors (Lipinski definition) is 5. The van der Waals surface area contributed by atoms with E-state index in [0.29, 0.717) is 22.8 Å². The molecule has 3 N–H and O–H groups in total. The van der Waals surface area contributed by atoms with E-state index in [2.05, 4.69) is 5.32 Å². The second kappa shape index (κ2) is 7.65. The molecular formula is C19H18N2O5S. The Morgan fingerprint density at radius 1 is 1.11 bits per heavy atom. The zero-order valence-electron chi connectivity index (χ0n) is 14.5. The van der Waals surface area contributed by atoms with Gasteiger partial charge in [-0.05, 0) is 48.9 Å². The number of aryl methyl sites for hydroxylation is 1. The van der Waals surface area contributed by atoms with Crippen LogP contribution in [0.25, 0.3) is 0 Å². The predicted molar refractivity (Wildman–Crippen MR) is 100.0 cm³/mol. The lowest BCUT2D eigenvalue weighted by Gasteiger charge is -2.08. The first-order valence-electron chi connectivity index (χ1n) is 8.04. The highest BCUT2D eigenvalue weighted by molar-refractivity contribution is 7.89. The average Bonchev–Trinajstić information content (AvgIpc) is 3.11. The number of benzene rings is 2. The molecule has 0 aliphatic carbocycles. The molecule has 1 amide bonds. The minimum atomic E-state index is -3.88. The van der Waals surface area contributed by atoms with Gasteiger partial charge in [-0.2, -0.15) is 0 Å². The molecule has 27 heavy (non-hydrogen) atoms. The van der Waals surface area contributed by atoms with Crippen LogP contribution in [0.15, 0.2) is 70.0 Å². The van der Waals surface area contributed by atoms with Gasteiger partial charge < -0.3 is 14.5 Å². The highest BCUT2D eigenvalue weighted by Crippen LogP contribution is 2.20. The molecule has 0 saturated heterocycles. The molecule has 140 valence electrons. The number of carbonyl (C=O) groups is 1. The third-order valence-corrected chi connectivity index (χ3v) is 4.82. The summed E-state index contributed by atoms with van der Waals surface area (Å²) < 4.78 is 34.2. The van der Waals surface area contributed by atoms with Crippen molar-refractivity contribution >= 4 is 21.6 Å². The second-order valence-electron chi connectivity index (χ2n) is 5.85. The summed E-state index contributed by atoms with van der Waals surface area (Å²) in [7, 11) is -3.88. The van der Waals surface area contributed by atoms with E-state index in [1.807, 2.05) is 30.3 Å². The molecule has 7 nitrogen and oxygen atoms in total. The lowest BCUT2D eigenvalue weighted by Crippen LogP contribution is -2.15. The van der Waals surface area contributed by atoms with E-state index in [1.54, 1.807) is 25.1 Å². The van der Waals surface area contributed by atoms with Crippen LogP contribution in [0.5, 0.6) is 5.75 Å². The van der Waals surface area contributed by atoms with E-state index in [1.165, 1.54) is 12.1 Å². The Morgan fingerprint density at radius 2 is 1.85 bits per heavy atom. The SMILES string of the molecule is Cc1ccc(NC(=O)c2ccc(COc3ccccc3)o2)cc1S(N)(=O)=O. The number of hydrogen-bond donors (Lipinski definition) is 2. The number of nitrogens with one attached hydrogen (secondary N) is 1. The van der Waals surface area contributed by atoms with Crippen LogP contribution in [0.2, 0.25) is 0 Å². The number of rotatable bonds is 6. The van der Waals surface area contributed by atoms with E-state index in [9.17, 15) is 13.2 Å². The van der Waals surface area contributed by atoms with Gasteiger partial charge in [-0.15, -0.1) is 0 Å². The van der Waals surface area contributed by atoms with Gasteiger partial charge in [-0.25, -0.2) is 13.6 Å². The second-order valence-corrected chi connectivity index (χ2v) is 7.38. The van der Waals surface area contributed by atoms with Gasteiger partial charge in [-0.1, -0.05) is 24.3 Å². The van der Waals surface area contributed by atoms with Crippen LogP contribution in [-0.2, 0) is 16.6 Å². The number of nitrogens with two attached hydrogens (primary N) is 1. The number of para-hydroxylation sites is 1. The number of ether oxygens (including phenoxy) is 1. The van der Waals surface area contributed by atoms with Crippen molar-refractivity contribution < 1.29 is 22.4 Å². The van der Waals surface area contributed by atoms with Crippen LogP contribution in [0.1, 0.15) is 21.9 Å². The van der Waals surface area contributed by atoms with Crippen molar-refractivity contribution in [2.45, 2.75) is 18.4 Å². The summed E-state index contributed by atoms with van der Waals surface area (Å²) in [6.45, 7) is 1.80. The summed E-state index contributed by atoms with van der Waals surface area (Å²) in [5.74, 6) is 0.748. The Morgan fingerprint density at radius 3 is 2.56 bits per heavy atom. The molecule has 0 spiro atoms. The van der Waals surface area contributed by atoms with Crippen LogP contribution in [0, 0.1) is 6.92 Å². The Hall–Kier alpha value is -3.10. The first-order valence-corrected chi connectivity index (χ1v) is 9.59. The number of furan rings is 1. The maximum atomic E-state index is 12.3. The largest absolute Gasteiger partial charge is 0.486 e. The maximum Gasteiger partial charge on any atom is 0.291 e. The lowest BCUT2D eigenvalue weighted by molar-refractivity contribution is 0.0992. The third kappa shape index (κ3) is 4.75. The Bertz CT molecular complexity index is 1060. The molecule has 3 rings (SSSR count). The van der Waals surface area contributed by atoms with Gasteiger partial charge in [0.2, 0.25) is 10.0 Å². The number of anilines is 1. The fourth-order valence-electron chi connectivity index (χ4n) is 2.43. The first-order chi connectivity index (χ1) is 12.8. The highest BCUT2D eigenvalue weighted by atomic mass is 32.2. The molecule has 8 heteroatoms. The molecular weight excluding hydrogens is 368 g/mol. The van der Waals surface area contributed by atoms with E-state index < -0.39 is 15.9 Å². The zero-order chi connectivity index (χ0) is 19.4. The topological polar surface area (TPSA) is 112 Å². The molecule has 0 fully saturated rings. The minimum Gasteiger partial charge on any atom is -0.486 e. The predicted octanol–water partition coefficient (Wildman–Crippen LogP) is 3.07. The van der Waals surface area contributed by atoms with Crippen LogP contribution in [0.3, 0.4) is 0 Å². The van der Waals surface area contributed by atoms with Crippen molar-refractivity contribution in [3.05, 3.63) is 77.7 Å². The summed E-state index contributed by atoms with van der Waals surface area (Å²) in [6, 6.07) is 16.9. The summed E-state index contributed by atoms with van der Waals surface area (Å²) in [5.41, 5.74) is 0.793. The average molecular weight is 386 g/mol. The van der Waals surface area contributed by atoms with Crippen LogP contribution >= 0.6 is 0 Å². The third-order valence-electron chi connectivity index (χ3n) is 3.76. The van der Waals surface area contributed by atoms with Crippen molar-refractivity contribution in [3.8, 4) is 5.75 Å². The summed E-state index contributed by atoms with van der Waals surface area (Å²) in [6.07, 6.45) is 0. The van der Waals surface area contributed by atoms with Gasteiger partial charge in [0.15, 0.2) is 5.76 Å². The summed E-state index contributed by atoms with van der Waals surface area (Å²) in [4.78, 5) is 12.3. The molecule has 0 aliphatic rings. The molecule has 0 atom stereocenters. The van der Waals surface area contributed by atoms with Gasteiger partial charge in [0.25, 0.3) is 5.91 Å². The smallest absolute Gasteiger partial charge is 0.291 e. The summed E-state index contributed by atoms with van der Waals surface area (Å²) in [5, 5.41) is 7.77. The fourth-order valence-corrected chi connectivity index (χ4v) is 3.23. The normalized spacial score (nSPS) is 11.2. The first kappa shape index (κ1) is 18.7. The van der Waals surface area contributed by atoms with E-state index in [-0.39, 0.29) is 17.3 Å². The van der Waals surface area contributed by atoms with Crippen molar-refractivity contribution in [3.63, 3.8) is 0 Å². The number of carbonyl (C=O) groups excluding carboxylic acids is 1. The maximum absolute atomic E-state index is 12.3. The van der Waals surface area contributed by atoms with Crippen LogP contribution in [-0.4, -0.2) is 14.3 Å². The van der Waals surface area contributed by atoms with E-state index >= 15 is 0 Å². The van der Waals surface area contributed by atoms with Crippen LogP contribution < -0.4 is 15.2 Å². The van der Waals surface area contributed by atoms with Crippen molar-refractivity contribution in [2.75, 3.05) is 5.32 Å². The monoisotopic (exact) mass is 386 g/mol. The van der Waals surface area contributed by atoms with Gasteiger partial charge >= 0.3 is 0 Å². The van der Waals surface area contributed by atoms with Gasteiger partial charge in [0.05, 0.1) is 4.90 Å². The number of sulfonamides is 1. The quantitative estimate of drug-likeness (QED) is 0.676. The summed E-state index contributed by atoms with van der Waals surface area (Å²) >= 11 is 0. The fraction of sp³-hybridized carbons (Fsp3) is 0.105. The minimum absolute atomic E-state index is 0.0447. The highest BCUT2D eigenvalue weighted by Gasteiger charge is 2.15. The van der Waals surface area contributed by atoms with Gasteiger partial charge in [0.1, 0.15) is 18.1 Å². The lowest BCUT2D eigenvalue weighted by atomic mass is 10.2. The standard InChI is InChI=1S/C19H18N2O5S/c1-13-7-8-14(11-18(13)27(20,23)24)21-19(22)17-10-9-16(26-17)12-25-15-5-3-2-4-6-15/h2-11H,12H2,1H3,(H,21,22)(H2,20,23,24). The molecule has 3 aromatic rings. The molecule has 0 saturated carbocycles. The molecule has 1 heterocycles. The molecule has 0 bridgehead atoms. The number of amides is 1. The molecule has 2 aromatic carbocycles. The van der Waals surface area contributed by atoms with Gasteiger partial charge in [-0.3, -0.25) is 4.79 Å². The Labute approximate surface area is 156 Å². The Kier molecular flexibility index (Phi) is 5.29. The van der Waals surface area contributed by atoms with Crippen molar-refractivity contribution in [2.24, 2.45) is 5.14 Å². The van der Waals surface area contributed by atoms with Gasteiger partial charge in [0, 0.05) is 5.69 Å². The van der Waals surface area contributed by atoms with Crippen molar-refractivity contribution in [1.29, 1.82) is 0 Å². The molecule has 0 radical (unpaired) electrons. The van der Waals surface area contributed by atoms with E-state index in [4.69, 9.17) is 14.3 Å². The Balaban J connectivity index is 1.68. The zero-order valence-corrected chi connectivity index (χ0v) is 15.3. The molecule has 0 aliphatic heterocycles. The number of primary sulfonamides is 1.